The van der Waals surface area contributed by atoms with Crippen molar-refractivity contribution >= 4 is 34.2 Å². The molecule has 108 valence electrons. The van der Waals surface area contributed by atoms with Gasteiger partial charge in [-0.3, -0.25) is 4.79 Å². The molecule has 1 aromatic carbocycles. The second-order valence-corrected chi connectivity index (χ2v) is 6.33. The summed E-state index contributed by atoms with van der Waals surface area (Å²) in [5, 5.41) is 4.27. The van der Waals surface area contributed by atoms with Crippen LogP contribution in [0, 0.1) is 9.49 Å². The number of rotatable bonds is 3. The number of carbonyl (C=O) groups excluding carboxylic acids is 1. The van der Waals surface area contributed by atoms with Gasteiger partial charge in [0.05, 0.1) is 10.7 Å². The van der Waals surface area contributed by atoms with Crippen LogP contribution in [0.25, 0.3) is 0 Å². The summed E-state index contributed by atoms with van der Waals surface area (Å²) in [6.07, 6.45) is 4.39. The molecule has 1 aliphatic rings. The maximum atomic E-state index is 12.1. The van der Waals surface area contributed by atoms with Gasteiger partial charge in [0.25, 0.3) is 5.91 Å². The van der Waals surface area contributed by atoms with Gasteiger partial charge in [0.1, 0.15) is 5.75 Å². The predicted octanol–water partition coefficient (Wildman–Crippen LogP) is 3.60. The molecule has 4 nitrogen and oxygen atoms in total. The van der Waals surface area contributed by atoms with E-state index < -0.39 is 0 Å². The Morgan fingerprint density at radius 1 is 1.50 bits per heavy atom. The molecular weight excluding hydrogens is 367 g/mol. The minimum Gasteiger partial charge on any atom is -0.496 e. The first-order valence-corrected chi connectivity index (χ1v) is 7.87. The first-order valence-electron chi connectivity index (χ1n) is 6.79. The predicted molar refractivity (Wildman–Crippen MR) is 88.2 cm³/mol. The lowest BCUT2D eigenvalue weighted by Gasteiger charge is -2.18. The third-order valence-corrected chi connectivity index (χ3v) is 4.32. The lowest BCUT2D eigenvalue weighted by Crippen LogP contribution is -2.22. The van der Waals surface area contributed by atoms with E-state index in [-0.39, 0.29) is 5.91 Å². The first kappa shape index (κ1) is 15.3. The van der Waals surface area contributed by atoms with E-state index in [1.165, 1.54) is 6.42 Å². The maximum Gasteiger partial charge on any atom is 0.271 e. The summed E-state index contributed by atoms with van der Waals surface area (Å²) in [5.74, 6) is 1.27. The number of halogens is 1. The highest BCUT2D eigenvalue weighted by Gasteiger charge is 2.14. The van der Waals surface area contributed by atoms with Crippen molar-refractivity contribution in [3.05, 3.63) is 27.3 Å². The van der Waals surface area contributed by atoms with Crippen molar-refractivity contribution in [2.24, 2.45) is 11.0 Å². The minimum absolute atomic E-state index is 0.170. The van der Waals surface area contributed by atoms with Crippen molar-refractivity contribution in [1.82, 2.24) is 5.43 Å². The van der Waals surface area contributed by atoms with Gasteiger partial charge in [0.15, 0.2) is 0 Å². The summed E-state index contributed by atoms with van der Waals surface area (Å²) in [5.41, 5.74) is 4.36. The molecule has 0 radical (unpaired) electrons. The average Bonchev–Trinajstić information content (AvgIpc) is 2.44. The summed E-state index contributed by atoms with van der Waals surface area (Å²) in [6.45, 7) is 2.22. The van der Waals surface area contributed by atoms with E-state index in [1.54, 1.807) is 25.3 Å². The van der Waals surface area contributed by atoms with Gasteiger partial charge < -0.3 is 4.74 Å². The van der Waals surface area contributed by atoms with Crippen LogP contribution in [0.15, 0.2) is 23.3 Å². The van der Waals surface area contributed by atoms with E-state index in [0.717, 1.165) is 34.3 Å². The monoisotopic (exact) mass is 386 g/mol. The normalized spacial score (nSPS) is 20.8. The van der Waals surface area contributed by atoms with Gasteiger partial charge in [-0.1, -0.05) is 6.92 Å². The SMILES string of the molecule is COc1ccc(C(=O)N/N=C2\CCC[C@H](C)C2)cc1I. The van der Waals surface area contributed by atoms with E-state index in [2.05, 4.69) is 40.0 Å². The van der Waals surface area contributed by atoms with Crippen molar-refractivity contribution < 1.29 is 9.53 Å². The highest BCUT2D eigenvalue weighted by atomic mass is 127. The van der Waals surface area contributed by atoms with Crippen LogP contribution in [0.1, 0.15) is 43.0 Å². The topological polar surface area (TPSA) is 50.7 Å². The highest BCUT2D eigenvalue weighted by molar-refractivity contribution is 14.1. The van der Waals surface area contributed by atoms with Crippen LogP contribution in [-0.4, -0.2) is 18.7 Å². The number of nitrogens with one attached hydrogen (secondary N) is 1. The van der Waals surface area contributed by atoms with Gasteiger partial charge in [0.2, 0.25) is 0 Å². The van der Waals surface area contributed by atoms with Crippen molar-refractivity contribution in [1.29, 1.82) is 0 Å². The molecule has 1 atom stereocenters. The molecule has 0 heterocycles. The van der Waals surface area contributed by atoms with Gasteiger partial charge in [-0.25, -0.2) is 5.43 Å². The van der Waals surface area contributed by atoms with Crippen LogP contribution in [0.4, 0.5) is 0 Å². The fourth-order valence-corrected chi connectivity index (χ4v) is 3.10. The van der Waals surface area contributed by atoms with E-state index in [9.17, 15) is 4.79 Å². The molecule has 1 aromatic rings. The molecule has 0 aliphatic heterocycles. The standard InChI is InChI=1S/C15H19IN2O2/c1-10-4-3-5-12(8-10)17-18-15(19)11-6-7-14(20-2)13(16)9-11/h6-7,9-10H,3-5,8H2,1-2H3,(H,18,19)/b17-12+/t10-/m0/s1. The zero-order valence-corrected chi connectivity index (χ0v) is 13.9. The number of amides is 1. The lowest BCUT2D eigenvalue weighted by molar-refractivity contribution is 0.0954. The Hall–Kier alpha value is -1.11. The summed E-state index contributed by atoms with van der Waals surface area (Å²) in [4.78, 5) is 12.1. The molecule has 2 rings (SSSR count). The molecule has 1 amide bonds. The number of methoxy groups -OCH3 is 1. The number of hydrogen-bond donors (Lipinski definition) is 1. The Morgan fingerprint density at radius 3 is 2.95 bits per heavy atom. The van der Waals surface area contributed by atoms with Gasteiger partial charge >= 0.3 is 0 Å². The number of ether oxygens (including phenoxy) is 1. The second kappa shape index (κ2) is 7.06. The summed E-state index contributed by atoms with van der Waals surface area (Å²) in [6, 6.07) is 5.35. The van der Waals surface area contributed by atoms with Gasteiger partial charge in [-0.05, 0) is 72.4 Å². The van der Waals surface area contributed by atoms with Gasteiger partial charge in [-0.2, -0.15) is 5.10 Å². The number of nitrogens with zero attached hydrogens (tertiary/aromatic N) is 1. The minimum atomic E-state index is -0.170. The molecule has 1 saturated carbocycles. The van der Waals surface area contributed by atoms with Crippen molar-refractivity contribution in [2.45, 2.75) is 32.6 Å². The second-order valence-electron chi connectivity index (χ2n) is 5.17. The summed E-state index contributed by atoms with van der Waals surface area (Å²) < 4.78 is 6.09. The molecule has 0 saturated heterocycles. The van der Waals surface area contributed by atoms with E-state index >= 15 is 0 Å². The molecule has 0 bridgehead atoms. The average molecular weight is 386 g/mol. The Kier molecular flexibility index (Phi) is 5.39. The molecule has 0 unspecified atom stereocenters. The quantitative estimate of drug-likeness (QED) is 0.638. The lowest BCUT2D eigenvalue weighted by atomic mass is 9.89. The van der Waals surface area contributed by atoms with Gasteiger partial charge in [-0.15, -0.1) is 0 Å². The zero-order valence-electron chi connectivity index (χ0n) is 11.8. The number of hydrazone groups is 1. The third-order valence-electron chi connectivity index (χ3n) is 3.48. The van der Waals surface area contributed by atoms with Crippen molar-refractivity contribution in [2.75, 3.05) is 7.11 Å². The van der Waals surface area contributed by atoms with Crippen LogP contribution in [0.5, 0.6) is 5.75 Å². The fourth-order valence-electron chi connectivity index (χ4n) is 2.36. The molecule has 20 heavy (non-hydrogen) atoms. The van der Waals surface area contributed by atoms with E-state index in [4.69, 9.17) is 4.74 Å². The number of benzene rings is 1. The summed E-state index contributed by atoms with van der Waals surface area (Å²) in [7, 11) is 1.62. The van der Waals surface area contributed by atoms with Crippen molar-refractivity contribution in [3.63, 3.8) is 0 Å². The van der Waals surface area contributed by atoms with Crippen molar-refractivity contribution in [3.8, 4) is 5.75 Å². The van der Waals surface area contributed by atoms with Crippen LogP contribution in [-0.2, 0) is 0 Å². The molecule has 1 aliphatic carbocycles. The largest absolute Gasteiger partial charge is 0.496 e. The molecule has 0 aromatic heterocycles. The van der Waals surface area contributed by atoms with Crippen LogP contribution in [0.3, 0.4) is 0 Å². The number of hydrogen-bond acceptors (Lipinski definition) is 3. The third kappa shape index (κ3) is 3.94. The Labute approximate surface area is 133 Å². The van der Waals surface area contributed by atoms with E-state index in [1.807, 2.05) is 0 Å². The van der Waals surface area contributed by atoms with Crippen LogP contribution >= 0.6 is 22.6 Å². The molecule has 0 spiro atoms. The fraction of sp³-hybridized carbons (Fsp3) is 0.467. The summed E-state index contributed by atoms with van der Waals surface area (Å²) >= 11 is 2.15. The number of carbonyl (C=O) groups is 1. The van der Waals surface area contributed by atoms with Gasteiger partial charge in [0, 0.05) is 11.3 Å². The van der Waals surface area contributed by atoms with E-state index in [0.29, 0.717) is 11.5 Å². The highest BCUT2D eigenvalue weighted by Crippen LogP contribution is 2.22. The molecular formula is C15H19IN2O2. The Bertz CT molecular complexity index is 529. The molecule has 5 heteroatoms. The molecule has 1 fully saturated rings. The molecule has 1 N–H and O–H groups in total. The maximum absolute atomic E-state index is 12.1. The first-order chi connectivity index (χ1) is 9.60. The van der Waals surface area contributed by atoms with Crippen LogP contribution < -0.4 is 10.2 Å². The smallest absolute Gasteiger partial charge is 0.271 e. The Morgan fingerprint density at radius 2 is 2.30 bits per heavy atom. The Balaban J connectivity index is 2.01. The zero-order chi connectivity index (χ0) is 14.5. The van der Waals surface area contributed by atoms with Crippen LogP contribution in [0.2, 0.25) is 0 Å².